The van der Waals surface area contributed by atoms with Crippen LogP contribution in [0.1, 0.15) is 19.4 Å². The van der Waals surface area contributed by atoms with Gasteiger partial charge in [-0.15, -0.1) is 13.2 Å². The second-order valence-corrected chi connectivity index (χ2v) is 5.58. The molecule has 0 atom stereocenters. The highest BCUT2D eigenvalue weighted by molar-refractivity contribution is 5.79. The molecule has 8 heteroatoms. The van der Waals surface area contributed by atoms with Crippen molar-refractivity contribution < 1.29 is 17.9 Å². The van der Waals surface area contributed by atoms with Crippen LogP contribution in [0.2, 0.25) is 0 Å². The van der Waals surface area contributed by atoms with Crippen molar-refractivity contribution in [2.45, 2.75) is 32.8 Å². The minimum Gasteiger partial charge on any atom is -0.405 e. The highest BCUT2D eigenvalue weighted by Crippen LogP contribution is 2.25. The lowest BCUT2D eigenvalue weighted by Gasteiger charge is -2.22. The van der Waals surface area contributed by atoms with Gasteiger partial charge in [-0.25, -0.2) is 0 Å². The second kappa shape index (κ2) is 9.36. The lowest BCUT2D eigenvalue weighted by atomic mass is 10.2. The van der Waals surface area contributed by atoms with Crippen LogP contribution in [0.4, 0.5) is 13.2 Å². The summed E-state index contributed by atoms with van der Waals surface area (Å²) in [7, 11) is 3.63. The Labute approximate surface area is 140 Å². The van der Waals surface area contributed by atoms with Gasteiger partial charge in [-0.2, -0.15) is 0 Å². The van der Waals surface area contributed by atoms with Crippen molar-refractivity contribution >= 4 is 5.96 Å². The smallest absolute Gasteiger partial charge is 0.405 e. The molecule has 0 bridgehead atoms. The molecule has 0 aliphatic rings. The maximum Gasteiger partial charge on any atom is 0.573 e. The zero-order valence-corrected chi connectivity index (χ0v) is 14.4. The molecule has 2 N–H and O–H groups in total. The number of benzene rings is 1. The van der Waals surface area contributed by atoms with E-state index in [9.17, 15) is 13.2 Å². The van der Waals surface area contributed by atoms with Crippen LogP contribution in [0, 0.1) is 0 Å². The van der Waals surface area contributed by atoms with Crippen LogP contribution in [-0.4, -0.2) is 50.4 Å². The summed E-state index contributed by atoms with van der Waals surface area (Å²) in [6, 6.07) is 6.47. The van der Waals surface area contributed by atoms with Crippen LogP contribution in [-0.2, 0) is 6.54 Å². The monoisotopic (exact) mass is 346 g/mol. The number of nitrogens with zero attached hydrogens (tertiary/aromatic N) is 2. The van der Waals surface area contributed by atoms with Crippen LogP contribution in [0.3, 0.4) is 0 Å². The summed E-state index contributed by atoms with van der Waals surface area (Å²) in [5.41, 5.74) is 0.400. The third-order valence-corrected chi connectivity index (χ3v) is 3.51. The van der Waals surface area contributed by atoms with Crippen molar-refractivity contribution in [1.82, 2.24) is 15.5 Å². The molecule has 5 nitrogen and oxygen atoms in total. The molecule has 0 spiro atoms. The minimum atomic E-state index is -4.71. The quantitative estimate of drug-likeness (QED) is 0.589. The lowest BCUT2D eigenvalue weighted by molar-refractivity contribution is -0.274. The van der Waals surface area contributed by atoms with E-state index in [-0.39, 0.29) is 12.3 Å². The summed E-state index contributed by atoms with van der Waals surface area (Å²) in [5, 5.41) is 6.12. The zero-order chi connectivity index (χ0) is 18.2. The molecule has 0 aliphatic carbocycles. The van der Waals surface area contributed by atoms with Gasteiger partial charge in [0.1, 0.15) is 5.75 Å². The maximum absolute atomic E-state index is 12.4. The first kappa shape index (κ1) is 20.1. The number of guanidine groups is 1. The first-order valence-electron chi connectivity index (χ1n) is 7.71. The number of nitrogens with one attached hydrogen (secondary N) is 2. The van der Waals surface area contributed by atoms with E-state index in [0.29, 0.717) is 24.1 Å². The molecule has 24 heavy (non-hydrogen) atoms. The molecule has 0 fully saturated rings. The summed E-state index contributed by atoms with van der Waals surface area (Å²) in [6.07, 6.45) is -4.71. The Morgan fingerprint density at radius 2 is 1.92 bits per heavy atom. The Balaban J connectivity index is 2.55. The molecule has 0 saturated carbocycles. The largest absolute Gasteiger partial charge is 0.573 e. The van der Waals surface area contributed by atoms with Crippen LogP contribution < -0.4 is 15.4 Å². The molecule has 0 radical (unpaired) electrons. The molecule has 0 unspecified atom stereocenters. The number of ether oxygens (including phenoxy) is 1. The van der Waals surface area contributed by atoms with Gasteiger partial charge >= 0.3 is 6.36 Å². The summed E-state index contributed by atoms with van der Waals surface area (Å²) in [6.45, 7) is 5.88. The summed E-state index contributed by atoms with van der Waals surface area (Å²) >= 11 is 0. The van der Waals surface area contributed by atoms with Crippen molar-refractivity contribution in [3.8, 4) is 5.75 Å². The Hall–Kier alpha value is -1.96. The first-order valence-corrected chi connectivity index (χ1v) is 7.71. The molecular weight excluding hydrogens is 321 g/mol. The number of hydrogen-bond acceptors (Lipinski definition) is 3. The van der Waals surface area contributed by atoms with Crippen molar-refractivity contribution in [3.05, 3.63) is 29.8 Å². The molecule has 0 aliphatic heterocycles. The molecule has 1 rings (SSSR count). The normalized spacial score (nSPS) is 12.6. The Morgan fingerprint density at radius 1 is 1.25 bits per heavy atom. The van der Waals surface area contributed by atoms with Gasteiger partial charge in [-0.1, -0.05) is 18.2 Å². The topological polar surface area (TPSA) is 48.9 Å². The number of hydrogen-bond donors (Lipinski definition) is 2. The van der Waals surface area contributed by atoms with Crippen LogP contribution in [0.25, 0.3) is 0 Å². The molecule has 0 amide bonds. The fourth-order valence-corrected chi connectivity index (χ4v) is 1.88. The van der Waals surface area contributed by atoms with E-state index in [1.54, 1.807) is 19.2 Å². The van der Waals surface area contributed by atoms with Crippen molar-refractivity contribution in [1.29, 1.82) is 0 Å². The Kier molecular flexibility index (Phi) is 7.84. The van der Waals surface area contributed by atoms with Gasteiger partial charge in [0, 0.05) is 38.3 Å². The predicted octanol–water partition coefficient (Wildman–Crippen LogP) is 2.59. The summed E-state index contributed by atoms with van der Waals surface area (Å²) in [4.78, 5) is 6.24. The molecule has 1 aromatic rings. The number of likely N-dealkylation sites (N-methyl/N-ethyl adjacent to an activating group) is 1. The lowest BCUT2D eigenvalue weighted by Crippen LogP contribution is -2.41. The maximum atomic E-state index is 12.4. The number of halogens is 3. The van der Waals surface area contributed by atoms with E-state index in [4.69, 9.17) is 0 Å². The van der Waals surface area contributed by atoms with Crippen LogP contribution in [0.15, 0.2) is 29.3 Å². The standard InChI is InChI=1S/C16H25F3N4O/c1-12(2)23(4)10-9-21-15(20-3)22-11-13-7-5-6-8-14(13)24-16(17,18)19/h5-8,12H,9-11H2,1-4H3,(H2,20,21,22). The highest BCUT2D eigenvalue weighted by Gasteiger charge is 2.31. The summed E-state index contributed by atoms with van der Waals surface area (Å²) in [5.74, 6) is 0.307. The fourth-order valence-electron chi connectivity index (χ4n) is 1.88. The Bertz CT molecular complexity index is 532. The average molecular weight is 346 g/mol. The number of rotatable bonds is 7. The SMILES string of the molecule is CN=C(NCCN(C)C(C)C)NCc1ccccc1OC(F)(F)F. The highest BCUT2D eigenvalue weighted by atomic mass is 19.4. The first-order chi connectivity index (χ1) is 11.2. The van der Waals surface area contributed by atoms with E-state index in [2.05, 4.69) is 39.1 Å². The van der Waals surface area contributed by atoms with E-state index in [1.165, 1.54) is 12.1 Å². The molecule has 136 valence electrons. The van der Waals surface area contributed by atoms with Gasteiger partial charge in [-0.3, -0.25) is 4.99 Å². The van der Waals surface area contributed by atoms with Gasteiger partial charge < -0.3 is 20.3 Å². The van der Waals surface area contributed by atoms with E-state index in [1.807, 2.05) is 7.05 Å². The van der Waals surface area contributed by atoms with E-state index >= 15 is 0 Å². The van der Waals surface area contributed by atoms with Crippen molar-refractivity contribution in [3.63, 3.8) is 0 Å². The van der Waals surface area contributed by atoms with Gasteiger partial charge in [0.05, 0.1) is 0 Å². The molecule has 1 aromatic carbocycles. The van der Waals surface area contributed by atoms with Crippen molar-refractivity contribution in [2.75, 3.05) is 27.2 Å². The van der Waals surface area contributed by atoms with Crippen molar-refractivity contribution in [2.24, 2.45) is 4.99 Å². The molecule has 0 saturated heterocycles. The van der Waals surface area contributed by atoms with Gasteiger partial charge in [-0.05, 0) is 27.0 Å². The van der Waals surface area contributed by atoms with Crippen LogP contribution >= 0.6 is 0 Å². The van der Waals surface area contributed by atoms with E-state index in [0.717, 1.165) is 6.54 Å². The summed E-state index contributed by atoms with van der Waals surface area (Å²) < 4.78 is 41.3. The Morgan fingerprint density at radius 3 is 2.50 bits per heavy atom. The molecular formula is C16H25F3N4O. The van der Waals surface area contributed by atoms with Crippen LogP contribution in [0.5, 0.6) is 5.75 Å². The molecule has 0 heterocycles. The van der Waals surface area contributed by atoms with Gasteiger partial charge in [0.2, 0.25) is 0 Å². The number of aliphatic imine (C=N–C) groups is 1. The fraction of sp³-hybridized carbons (Fsp3) is 0.562. The van der Waals surface area contributed by atoms with Gasteiger partial charge in [0.15, 0.2) is 5.96 Å². The molecule has 0 aromatic heterocycles. The minimum absolute atomic E-state index is 0.173. The third-order valence-electron chi connectivity index (χ3n) is 3.51. The number of para-hydroxylation sites is 1. The second-order valence-electron chi connectivity index (χ2n) is 5.58. The third kappa shape index (κ3) is 7.54. The zero-order valence-electron chi connectivity index (χ0n) is 14.4. The average Bonchev–Trinajstić information content (AvgIpc) is 2.50. The van der Waals surface area contributed by atoms with E-state index < -0.39 is 6.36 Å². The predicted molar refractivity (Wildman–Crippen MR) is 89.1 cm³/mol. The number of alkyl halides is 3. The van der Waals surface area contributed by atoms with Gasteiger partial charge in [0.25, 0.3) is 0 Å².